The number of hydrogen-bond acceptors (Lipinski definition) is 3. The van der Waals surface area contributed by atoms with Crippen molar-refractivity contribution in [2.45, 2.75) is 51.6 Å². The molecule has 0 spiro atoms. The molecule has 3 nitrogen and oxygen atoms in total. The van der Waals surface area contributed by atoms with Gasteiger partial charge in [-0.2, -0.15) is 0 Å². The van der Waals surface area contributed by atoms with E-state index >= 15 is 0 Å². The highest BCUT2D eigenvalue weighted by Crippen LogP contribution is 2.32. The van der Waals surface area contributed by atoms with Gasteiger partial charge in [0.25, 0.3) is 0 Å². The molecule has 3 aliphatic rings. The minimum absolute atomic E-state index is 0.410. The van der Waals surface area contributed by atoms with Crippen molar-refractivity contribution in [2.24, 2.45) is 11.3 Å². The molecule has 0 aromatic carbocycles. The molecule has 2 atom stereocenters. The van der Waals surface area contributed by atoms with E-state index in [4.69, 9.17) is 0 Å². The topological polar surface area (TPSA) is 27.3 Å². The van der Waals surface area contributed by atoms with Crippen molar-refractivity contribution in [3.05, 3.63) is 0 Å². The Labute approximate surface area is 112 Å². The third-order valence-electron chi connectivity index (χ3n) is 5.17. The Morgan fingerprint density at radius 3 is 2.78 bits per heavy atom. The Hall–Kier alpha value is -0.120. The highest BCUT2D eigenvalue weighted by molar-refractivity contribution is 4.93. The third kappa shape index (κ3) is 2.89. The van der Waals surface area contributed by atoms with E-state index < -0.39 is 0 Å². The fourth-order valence-corrected chi connectivity index (χ4v) is 3.66. The Balaban J connectivity index is 1.43. The van der Waals surface area contributed by atoms with Crippen LogP contribution in [0.2, 0.25) is 0 Å². The summed E-state index contributed by atoms with van der Waals surface area (Å²) in [6, 6.07) is 1.67. The fourth-order valence-electron chi connectivity index (χ4n) is 3.66. The summed E-state index contributed by atoms with van der Waals surface area (Å²) in [5, 5.41) is 7.38. The van der Waals surface area contributed by atoms with Gasteiger partial charge in [0, 0.05) is 25.2 Å². The maximum Gasteiger partial charge on any atom is 0.0143 e. The first-order valence-corrected chi connectivity index (χ1v) is 7.83. The van der Waals surface area contributed by atoms with E-state index in [0.29, 0.717) is 11.5 Å². The van der Waals surface area contributed by atoms with Crippen LogP contribution >= 0.6 is 0 Å². The van der Waals surface area contributed by atoms with Gasteiger partial charge in [0.2, 0.25) is 0 Å². The molecule has 0 aromatic rings. The lowest BCUT2D eigenvalue weighted by Gasteiger charge is -2.40. The smallest absolute Gasteiger partial charge is 0.0143 e. The van der Waals surface area contributed by atoms with Gasteiger partial charge in [0.05, 0.1) is 0 Å². The zero-order chi connectivity index (χ0) is 12.6. The average molecular weight is 251 g/mol. The lowest BCUT2D eigenvalue weighted by atomic mass is 9.80. The van der Waals surface area contributed by atoms with Gasteiger partial charge in [-0.15, -0.1) is 0 Å². The highest BCUT2D eigenvalue weighted by Gasteiger charge is 2.36. The highest BCUT2D eigenvalue weighted by atomic mass is 15.2. The van der Waals surface area contributed by atoms with Gasteiger partial charge in [-0.1, -0.05) is 13.8 Å². The van der Waals surface area contributed by atoms with Gasteiger partial charge in [-0.05, 0) is 56.7 Å². The minimum Gasteiger partial charge on any atom is -0.316 e. The second-order valence-electron chi connectivity index (χ2n) is 7.30. The third-order valence-corrected chi connectivity index (χ3v) is 5.17. The van der Waals surface area contributed by atoms with Crippen LogP contribution in [0, 0.1) is 11.3 Å². The van der Waals surface area contributed by atoms with Gasteiger partial charge in [-0.3, -0.25) is 0 Å². The first kappa shape index (κ1) is 12.9. The molecule has 0 radical (unpaired) electrons. The number of nitrogens with zero attached hydrogens (tertiary/aromatic N) is 1. The summed E-state index contributed by atoms with van der Waals surface area (Å²) >= 11 is 0. The van der Waals surface area contributed by atoms with Crippen molar-refractivity contribution < 1.29 is 0 Å². The number of nitrogens with one attached hydrogen (secondary N) is 2. The molecule has 1 saturated carbocycles. The Kier molecular flexibility index (Phi) is 3.65. The molecule has 3 fully saturated rings. The van der Waals surface area contributed by atoms with Crippen LogP contribution in [0.5, 0.6) is 0 Å². The summed E-state index contributed by atoms with van der Waals surface area (Å²) < 4.78 is 0. The van der Waals surface area contributed by atoms with Gasteiger partial charge >= 0.3 is 0 Å². The van der Waals surface area contributed by atoms with Crippen molar-refractivity contribution in [3.8, 4) is 0 Å². The van der Waals surface area contributed by atoms with Gasteiger partial charge in [0.15, 0.2) is 0 Å². The minimum atomic E-state index is 0.410. The SMILES string of the molecule is CC1(C)CNCCC1NCC1CCN(C2CC2)C1. The average Bonchev–Trinajstić information content (AvgIpc) is 3.08. The largest absolute Gasteiger partial charge is 0.316 e. The molecule has 1 aliphatic carbocycles. The second-order valence-corrected chi connectivity index (χ2v) is 7.30. The van der Waals surface area contributed by atoms with Gasteiger partial charge < -0.3 is 15.5 Å². The predicted octanol–water partition coefficient (Wildman–Crippen LogP) is 1.45. The molecular formula is C15H29N3. The molecule has 0 aromatic heterocycles. The van der Waals surface area contributed by atoms with Crippen molar-refractivity contribution in [1.29, 1.82) is 0 Å². The standard InChI is InChI=1S/C15H29N3/c1-15(2)11-16-7-5-14(15)17-9-12-6-8-18(10-12)13-3-4-13/h12-14,16-17H,3-11H2,1-2H3. The maximum atomic E-state index is 3.87. The van der Waals surface area contributed by atoms with Crippen LogP contribution in [0.25, 0.3) is 0 Å². The monoisotopic (exact) mass is 251 g/mol. The lowest BCUT2D eigenvalue weighted by Crippen LogP contribution is -2.53. The zero-order valence-corrected chi connectivity index (χ0v) is 12.0. The summed E-state index contributed by atoms with van der Waals surface area (Å²) in [5.74, 6) is 0.899. The predicted molar refractivity (Wildman–Crippen MR) is 75.8 cm³/mol. The summed E-state index contributed by atoms with van der Waals surface area (Å²) in [4.78, 5) is 2.72. The van der Waals surface area contributed by atoms with Gasteiger partial charge in [-0.25, -0.2) is 0 Å². The van der Waals surface area contributed by atoms with Crippen molar-refractivity contribution in [2.75, 3.05) is 32.7 Å². The number of hydrogen-bond donors (Lipinski definition) is 2. The molecular weight excluding hydrogens is 222 g/mol. The van der Waals surface area contributed by atoms with E-state index in [-0.39, 0.29) is 0 Å². The Morgan fingerprint density at radius 1 is 1.22 bits per heavy atom. The van der Waals surface area contributed by atoms with Crippen LogP contribution in [0.4, 0.5) is 0 Å². The van der Waals surface area contributed by atoms with E-state index in [2.05, 4.69) is 29.4 Å². The van der Waals surface area contributed by atoms with Crippen molar-refractivity contribution >= 4 is 0 Å². The Morgan fingerprint density at radius 2 is 2.06 bits per heavy atom. The van der Waals surface area contributed by atoms with Crippen LogP contribution in [0.1, 0.15) is 39.5 Å². The van der Waals surface area contributed by atoms with E-state index in [1.165, 1.54) is 51.9 Å². The Bertz CT molecular complexity index is 285. The molecule has 18 heavy (non-hydrogen) atoms. The van der Waals surface area contributed by atoms with Crippen LogP contribution in [0.3, 0.4) is 0 Å². The first-order chi connectivity index (χ1) is 8.65. The molecule has 2 aliphatic heterocycles. The molecule has 3 rings (SSSR count). The molecule has 104 valence electrons. The maximum absolute atomic E-state index is 3.87. The van der Waals surface area contributed by atoms with Crippen molar-refractivity contribution in [3.63, 3.8) is 0 Å². The number of likely N-dealkylation sites (tertiary alicyclic amines) is 1. The van der Waals surface area contributed by atoms with E-state index in [1.54, 1.807) is 0 Å². The van der Waals surface area contributed by atoms with Crippen LogP contribution in [-0.2, 0) is 0 Å². The first-order valence-electron chi connectivity index (χ1n) is 7.83. The quantitative estimate of drug-likeness (QED) is 0.792. The van der Waals surface area contributed by atoms with Crippen molar-refractivity contribution in [1.82, 2.24) is 15.5 Å². The zero-order valence-electron chi connectivity index (χ0n) is 12.0. The fraction of sp³-hybridized carbons (Fsp3) is 1.00. The number of piperidine rings is 1. The summed E-state index contributed by atoms with van der Waals surface area (Å²) in [5.41, 5.74) is 0.410. The summed E-state index contributed by atoms with van der Waals surface area (Å²) in [6.07, 6.45) is 5.61. The molecule has 0 bridgehead atoms. The van der Waals surface area contributed by atoms with Gasteiger partial charge in [0.1, 0.15) is 0 Å². The number of rotatable bonds is 4. The van der Waals surface area contributed by atoms with E-state index in [9.17, 15) is 0 Å². The molecule has 0 amide bonds. The molecule has 2 unspecified atom stereocenters. The van der Waals surface area contributed by atoms with Crippen LogP contribution in [0.15, 0.2) is 0 Å². The summed E-state index contributed by atoms with van der Waals surface area (Å²) in [6.45, 7) is 11.1. The lowest BCUT2D eigenvalue weighted by molar-refractivity contribution is 0.179. The molecule has 2 saturated heterocycles. The second kappa shape index (κ2) is 5.10. The normalized spacial score (nSPS) is 37.0. The van der Waals surface area contributed by atoms with E-state index in [0.717, 1.165) is 18.5 Å². The van der Waals surface area contributed by atoms with E-state index in [1.807, 2.05) is 0 Å². The summed E-state index contributed by atoms with van der Waals surface area (Å²) in [7, 11) is 0. The molecule has 3 heteroatoms. The molecule has 2 N–H and O–H groups in total. The van der Waals surface area contributed by atoms with Crippen LogP contribution < -0.4 is 10.6 Å². The van der Waals surface area contributed by atoms with Crippen LogP contribution in [-0.4, -0.2) is 49.7 Å². The molecule has 2 heterocycles.